The van der Waals surface area contributed by atoms with Crippen LogP contribution in [-0.4, -0.2) is 16.1 Å². The largest absolute Gasteiger partial charge is 0.475 e. The molecule has 0 aliphatic rings. The highest BCUT2D eigenvalue weighted by Gasteiger charge is 2.02. The lowest BCUT2D eigenvalue weighted by Gasteiger charge is -2.10. The van der Waals surface area contributed by atoms with Gasteiger partial charge < -0.3 is 15.8 Å². The molecular weight excluding hydrogens is 228 g/mol. The Labute approximate surface area is 106 Å². The summed E-state index contributed by atoms with van der Waals surface area (Å²) in [5.74, 6) is 1.22. The van der Waals surface area contributed by atoms with Gasteiger partial charge in [0.15, 0.2) is 0 Å². The quantitative estimate of drug-likeness (QED) is 0.809. The Hall–Kier alpha value is -2.30. The predicted octanol–water partition coefficient (Wildman–Crippen LogP) is 2.59. The SMILES string of the molecule is CC(C)Oc1cc(Nc2cccc(N)c2)ncn1. The number of nitrogens with zero attached hydrogens (tertiary/aromatic N) is 2. The van der Waals surface area contributed by atoms with E-state index >= 15 is 0 Å². The maximum absolute atomic E-state index is 5.71. The molecule has 2 rings (SSSR count). The highest BCUT2D eigenvalue weighted by Crippen LogP contribution is 2.19. The van der Waals surface area contributed by atoms with Crippen LogP contribution in [0, 0.1) is 0 Å². The summed E-state index contributed by atoms with van der Waals surface area (Å²) in [5, 5.41) is 3.15. The third-order valence-electron chi connectivity index (χ3n) is 2.16. The third-order valence-corrected chi connectivity index (χ3v) is 2.16. The molecule has 0 aliphatic carbocycles. The molecule has 0 saturated heterocycles. The summed E-state index contributed by atoms with van der Waals surface area (Å²) < 4.78 is 5.50. The van der Waals surface area contributed by atoms with Crippen molar-refractivity contribution >= 4 is 17.2 Å². The van der Waals surface area contributed by atoms with Crippen LogP contribution in [0.3, 0.4) is 0 Å². The summed E-state index contributed by atoms with van der Waals surface area (Å²) in [4.78, 5) is 8.17. The molecule has 0 unspecified atom stereocenters. The maximum atomic E-state index is 5.71. The minimum atomic E-state index is 0.0834. The smallest absolute Gasteiger partial charge is 0.218 e. The van der Waals surface area contributed by atoms with Gasteiger partial charge in [-0.25, -0.2) is 9.97 Å². The van der Waals surface area contributed by atoms with Crippen LogP contribution in [0.5, 0.6) is 5.88 Å². The topological polar surface area (TPSA) is 73.1 Å². The van der Waals surface area contributed by atoms with Gasteiger partial charge in [0.2, 0.25) is 5.88 Å². The number of nitrogen functional groups attached to an aromatic ring is 1. The second-order valence-electron chi connectivity index (χ2n) is 4.16. The number of nitrogens with one attached hydrogen (secondary N) is 1. The van der Waals surface area contributed by atoms with Crippen LogP contribution in [0.4, 0.5) is 17.2 Å². The van der Waals surface area contributed by atoms with Crippen molar-refractivity contribution in [2.45, 2.75) is 20.0 Å². The Bertz CT molecular complexity index is 528. The number of aromatic nitrogens is 2. The summed E-state index contributed by atoms with van der Waals surface area (Å²) in [5.41, 5.74) is 7.29. The first kappa shape index (κ1) is 12.2. The van der Waals surface area contributed by atoms with Crippen molar-refractivity contribution in [2.24, 2.45) is 0 Å². The molecule has 5 nitrogen and oxygen atoms in total. The summed E-state index contributed by atoms with van der Waals surface area (Å²) in [6.45, 7) is 3.90. The summed E-state index contributed by atoms with van der Waals surface area (Å²) in [7, 11) is 0. The number of hydrogen-bond donors (Lipinski definition) is 2. The standard InChI is InChI=1S/C13H16N4O/c1-9(2)18-13-7-12(15-8-16-13)17-11-5-3-4-10(14)6-11/h3-9H,14H2,1-2H3,(H,15,16,17). The van der Waals surface area contributed by atoms with E-state index in [9.17, 15) is 0 Å². The molecule has 1 aromatic heterocycles. The van der Waals surface area contributed by atoms with Gasteiger partial charge in [0, 0.05) is 17.4 Å². The number of anilines is 3. The molecule has 5 heteroatoms. The molecule has 3 N–H and O–H groups in total. The van der Waals surface area contributed by atoms with Gasteiger partial charge in [-0.2, -0.15) is 0 Å². The van der Waals surface area contributed by atoms with Crippen LogP contribution < -0.4 is 15.8 Å². The van der Waals surface area contributed by atoms with E-state index in [-0.39, 0.29) is 6.10 Å². The molecule has 18 heavy (non-hydrogen) atoms. The van der Waals surface area contributed by atoms with Crippen molar-refractivity contribution in [3.8, 4) is 5.88 Å². The zero-order chi connectivity index (χ0) is 13.0. The monoisotopic (exact) mass is 244 g/mol. The minimum Gasteiger partial charge on any atom is -0.475 e. The van der Waals surface area contributed by atoms with Crippen molar-refractivity contribution < 1.29 is 4.74 Å². The average Bonchev–Trinajstić information content (AvgIpc) is 2.28. The fraction of sp³-hybridized carbons (Fsp3) is 0.231. The Balaban J connectivity index is 2.14. The number of nitrogens with two attached hydrogens (primary N) is 1. The maximum Gasteiger partial charge on any atom is 0.218 e. The first-order valence-corrected chi connectivity index (χ1v) is 5.75. The average molecular weight is 244 g/mol. The van der Waals surface area contributed by atoms with Crippen LogP contribution in [0.25, 0.3) is 0 Å². The Kier molecular flexibility index (Phi) is 3.62. The number of hydrogen-bond acceptors (Lipinski definition) is 5. The van der Waals surface area contributed by atoms with E-state index in [0.717, 1.165) is 5.69 Å². The van der Waals surface area contributed by atoms with Gasteiger partial charge in [0.1, 0.15) is 12.1 Å². The van der Waals surface area contributed by atoms with E-state index < -0.39 is 0 Å². The van der Waals surface area contributed by atoms with Gasteiger partial charge in [0.05, 0.1) is 6.10 Å². The molecule has 0 saturated carbocycles. The van der Waals surface area contributed by atoms with Gasteiger partial charge >= 0.3 is 0 Å². The normalized spacial score (nSPS) is 10.4. The fourth-order valence-corrected chi connectivity index (χ4v) is 1.48. The predicted molar refractivity (Wildman–Crippen MR) is 71.9 cm³/mol. The van der Waals surface area contributed by atoms with E-state index in [0.29, 0.717) is 17.4 Å². The van der Waals surface area contributed by atoms with Crippen molar-refractivity contribution in [2.75, 3.05) is 11.1 Å². The van der Waals surface area contributed by atoms with E-state index in [1.54, 1.807) is 6.07 Å². The molecule has 1 aromatic carbocycles. The molecule has 0 aliphatic heterocycles. The van der Waals surface area contributed by atoms with Crippen LogP contribution in [0.1, 0.15) is 13.8 Å². The molecular formula is C13H16N4O. The summed E-state index contributed by atoms with van der Waals surface area (Å²) >= 11 is 0. The molecule has 1 heterocycles. The summed E-state index contributed by atoms with van der Waals surface area (Å²) in [6, 6.07) is 9.22. The number of ether oxygens (including phenoxy) is 1. The lowest BCUT2D eigenvalue weighted by Crippen LogP contribution is -2.07. The molecule has 0 atom stereocenters. The minimum absolute atomic E-state index is 0.0834. The van der Waals surface area contributed by atoms with Gasteiger partial charge in [-0.15, -0.1) is 0 Å². The third kappa shape index (κ3) is 3.35. The van der Waals surface area contributed by atoms with Crippen LogP contribution >= 0.6 is 0 Å². The van der Waals surface area contributed by atoms with E-state index in [1.165, 1.54) is 6.33 Å². The molecule has 0 fully saturated rings. The Morgan fingerprint density at radius 1 is 1.22 bits per heavy atom. The fourth-order valence-electron chi connectivity index (χ4n) is 1.48. The van der Waals surface area contributed by atoms with Crippen LogP contribution in [-0.2, 0) is 0 Å². The lowest BCUT2D eigenvalue weighted by molar-refractivity contribution is 0.232. The molecule has 0 bridgehead atoms. The van der Waals surface area contributed by atoms with Crippen LogP contribution in [0.2, 0.25) is 0 Å². The van der Waals surface area contributed by atoms with Crippen LogP contribution in [0.15, 0.2) is 36.7 Å². The first-order valence-electron chi connectivity index (χ1n) is 5.75. The van der Waals surface area contributed by atoms with Gasteiger partial charge in [0.25, 0.3) is 0 Å². The number of rotatable bonds is 4. The second kappa shape index (κ2) is 5.35. The molecule has 94 valence electrons. The molecule has 0 amide bonds. The first-order chi connectivity index (χ1) is 8.63. The Morgan fingerprint density at radius 2 is 2.06 bits per heavy atom. The van der Waals surface area contributed by atoms with Crippen molar-refractivity contribution in [3.05, 3.63) is 36.7 Å². The highest BCUT2D eigenvalue weighted by molar-refractivity contribution is 5.61. The number of benzene rings is 1. The molecule has 0 radical (unpaired) electrons. The summed E-state index contributed by atoms with van der Waals surface area (Å²) in [6.07, 6.45) is 1.55. The molecule has 0 spiro atoms. The zero-order valence-corrected chi connectivity index (χ0v) is 10.4. The van der Waals surface area contributed by atoms with Gasteiger partial charge in [-0.1, -0.05) is 6.07 Å². The van der Waals surface area contributed by atoms with Crippen molar-refractivity contribution in [1.82, 2.24) is 9.97 Å². The Morgan fingerprint density at radius 3 is 2.78 bits per heavy atom. The van der Waals surface area contributed by atoms with E-state index in [4.69, 9.17) is 10.5 Å². The van der Waals surface area contributed by atoms with Crippen molar-refractivity contribution in [3.63, 3.8) is 0 Å². The lowest BCUT2D eigenvalue weighted by atomic mass is 10.3. The van der Waals surface area contributed by atoms with Gasteiger partial charge in [-0.3, -0.25) is 0 Å². The second-order valence-corrected chi connectivity index (χ2v) is 4.16. The van der Waals surface area contributed by atoms with Gasteiger partial charge in [-0.05, 0) is 32.0 Å². The molecule has 2 aromatic rings. The van der Waals surface area contributed by atoms with E-state index in [2.05, 4.69) is 15.3 Å². The highest BCUT2D eigenvalue weighted by atomic mass is 16.5. The van der Waals surface area contributed by atoms with Crippen molar-refractivity contribution in [1.29, 1.82) is 0 Å². The zero-order valence-electron chi connectivity index (χ0n) is 10.4. The van der Waals surface area contributed by atoms with E-state index in [1.807, 2.05) is 38.1 Å².